The molecule has 11 aromatic rings. The lowest BCUT2D eigenvalue weighted by atomic mass is 9.91. The van der Waals surface area contributed by atoms with E-state index in [1.54, 1.807) is 11.3 Å². The van der Waals surface area contributed by atoms with Crippen LogP contribution in [0.3, 0.4) is 0 Å². The van der Waals surface area contributed by atoms with Crippen molar-refractivity contribution >= 4 is 88.3 Å². The van der Waals surface area contributed by atoms with E-state index in [0.717, 1.165) is 131 Å². The highest BCUT2D eigenvalue weighted by molar-refractivity contribution is 7.28. The minimum Gasteiger partial charge on any atom is -0.493 e. The Labute approximate surface area is 662 Å². The van der Waals surface area contributed by atoms with Crippen molar-refractivity contribution in [3.63, 3.8) is 0 Å². The molecule has 4 atom stereocenters. The number of aromatic nitrogens is 2. The molecule has 0 aliphatic carbocycles. The molecule has 0 spiro atoms. The molecular formula is C96H122F2N2O2S5. The van der Waals surface area contributed by atoms with Gasteiger partial charge in [0.25, 0.3) is 0 Å². The second-order valence-electron chi connectivity index (χ2n) is 31.0. The summed E-state index contributed by atoms with van der Waals surface area (Å²) in [5, 5.41) is 6.81. The van der Waals surface area contributed by atoms with E-state index in [9.17, 15) is 0 Å². The molecule has 0 radical (unpaired) electrons. The van der Waals surface area contributed by atoms with Crippen molar-refractivity contribution in [3.05, 3.63) is 155 Å². The van der Waals surface area contributed by atoms with Crippen LogP contribution < -0.4 is 9.47 Å². The molecule has 0 saturated heterocycles. The van der Waals surface area contributed by atoms with Gasteiger partial charge in [0.1, 0.15) is 22.5 Å². The molecule has 0 bridgehead atoms. The van der Waals surface area contributed by atoms with E-state index in [0.29, 0.717) is 44.5 Å². The quantitative estimate of drug-likeness (QED) is 0.0357. The fraction of sp³-hybridized carbons (Fsp3) is 0.500. The standard InChI is InChI=1S/C96H122F2N2O2S5/c1-9-17-23-27-29-33-39-69(37-31-25-19-11-3)64-101-79-53-49-74(50-54-79)72-41-45-76(46-42-72)86-81-57-58-103-95(81)87(77-47-43-73(44-48-77)75-51-55-80(56-52-75)102-65-70(38-32-26-20-12-4)40-34-30-28-24-18-10-2)82-63-85(106-96(82)86)94-78(60-68(16-8)36-22-14-6)62-84(105-94)89-91(98)90(97)88(92-93(89)100-107-99-92)83-61-71(66-104-83)59-67(15-7)35-21-13-5/h41-58,61-63,66-70H,9-40,59-60,64-65H2,1-8H3. The van der Waals surface area contributed by atoms with Gasteiger partial charge in [-0.15, -0.1) is 45.3 Å². The fourth-order valence-corrected chi connectivity index (χ4v) is 21.3. The Kier molecular flexibility index (Phi) is 32.9. The van der Waals surface area contributed by atoms with Crippen LogP contribution in [0.1, 0.15) is 272 Å². The highest BCUT2D eigenvalue weighted by Gasteiger charge is 2.30. The highest BCUT2D eigenvalue weighted by Crippen LogP contribution is 2.54. The molecule has 4 unspecified atom stereocenters. The number of nitrogens with zero attached hydrogens (tertiary/aromatic N) is 2. The summed E-state index contributed by atoms with van der Waals surface area (Å²) in [6.07, 6.45) is 42.0. The summed E-state index contributed by atoms with van der Waals surface area (Å²) in [7, 11) is 0. The van der Waals surface area contributed by atoms with E-state index in [1.807, 2.05) is 22.7 Å². The van der Waals surface area contributed by atoms with Gasteiger partial charge in [0.2, 0.25) is 0 Å². The number of rotatable bonds is 49. The van der Waals surface area contributed by atoms with Gasteiger partial charge in [-0.05, 0) is 166 Å². The molecule has 4 nitrogen and oxygen atoms in total. The Morgan fingerprint density at radius 2 is 0.766 bits per heavy atom. The molecule has 0 N–H and O–H groups in total. The van der Waals surface area contributed by atoms with Gasteiger partial charge in [0.15, 0.2) is 11.6 Å². The van der Waals surface area contributed by atoms with Crippen LogP contribution >= 0.6 is 57.1 Å². The first kappa shape index (κ1) is 81.9. The van der Waals surface area contributed by atoms with Crippen molar-refractivity contribution in [1.29, 1.82) is 0 Å². The summed E-state index contributed by atoms with van der Waals surface area (Å²) in [5.41, 5.74) is 13.1. The van der Waals surface area contributed by atoms with E-state index >= 15 is 8.78 Å². The maximum atomic E-state index is 17.7. The number of thiophene rings is 4. The van der Waals surface area contributed by atoms with E-state index in [1.165, 1.54) is 221 Å². The van der Waals surface area contributed by atoms with Crippen LogP contribution in [-0.4, -0.2) is 22.0 Å². The van der Waals surface area contributed by atoms with Crippen molar-refractivity contribution in [3.8, 4) is 86.6 Å². The molecule has 572 valence electrons. The molecule has 0 fully saturated rings. The molecule has 6 aromatic carbocycles. The van der Waals surface area contributed by atoms with Gasteiger partial charge < -0.3 is 9.47 Å². The highest BCUT2D eigenvalue weighted by atomic mass is 32.1. The molecule has 0 aliphatic heterocycles. The third-order valence-electron chi connectivity index (χ3n) is 22.8. The molecule has 0 aliphatic rings. The van der Waals surface area contributed by atoms with E-state index in [4.69, 9.17) is 18.2 Å². The van der Waals surface area contributed by atoms with Crippen molar-refractivity contribution in [1.82, 2.24) is 8.75 Å². The average Bonchev–Trinajstić information content (AvgIpc) is 1.59. The number of halogens is 2. The normalized spacial score (nSPS) is 13.0. The van der Waals surface area contributed by atoms with Gasteiger partial charge >= 0.3 is 0 Å². The predicted octanol–water partition coefficient (Wildman–Crippen LogP) is 33.1. The number of hydrogen-bond donors (Lipinski definition) is 0. The van der Waals surface area contributed by atoms with Gasteiger partial charge in [-0.1, -0.05) is 308 Å². The van der Waals surface area contributed by atoms with Crippen molar-refractivity contribution in [2.75, 3.05) is 13.2 Å². The zero-order valence-electron chi connectivity index (χ0n) is 66.0. The lowest BCUT2D eigenvalue weighted by Crippen LogP contribution is -2.12. The van der Waals surface area contributed by atoms with E-state index in [2.05, 4.69) is 187 Å². The van der Waals surface area contributed by atoms with E-state index < -0.39 is 11.6 Å². The molecule has 11 heteroatoms. The van der Waals surface area contributed by atoms with Crippen LogP contribution in [0, 0.1) is 35.3 Å². The topological polar surface area (TPSA) is 44.2 Å². The first-order chi connectivity index (χ1) is 52.6. The first-order valence-electron chi connectivity index (χ1n) is 42.1. The number of unbranched alkanes of at least 4 members (excludes halogenated alkanes) is 18. The molecule has 0 amide bonds. The third-order valence-corrected chi connectivity index (χ3v) is 27.8. The van der Waals surface area contributed by atoms with Gasteiger partial charge in [0, 0.05) is 50.8 Å². The maximum absolute atomic E-state index is 17.7. The Morgan fingerprint density at radius 3 is 1.24 bits per heavy atom. The van der Waals surface area contributed by atoms with E-state index in [-0.39, 0.29) is 11.1 Å². The van der Waals surface area contributed by atoms with Gasteiger partial charge in [-0.25, -0.2) is 8.78 Å². The molecule has 107 heavy (non-hydrogen) atoms. The van der Waals surface area contributed by atoms with Crippen molar-refractivity contribution < 1.29 is 18.3 Å². The lowest BCUT2D eigenvalue weighted by molar-refractivity contribution is 0.224. The second-order valence-corrected chi connectivity index (χ2v) is 35.5. The number of fused-ring (bicyclic) bond motifs is 3. The largest absolute Gasteiger partial charge is 0.493 e. The van der Waals surface area contributed by atoms with Crippen LogP contribution in [0.15, 0.2) is 132 Å². The molecule has 5 heterocycles. The average molecular weight is 1530 g/mol. The van der Waals surface area contributed by atoms with Gasteiger partial charge in [-0.2, -0.15) is 8.75 Å². The Bertz CT molecular complexity index is 4250. The summed E-state index contributed by atoms with van der Waals surface area (Å²) in [5.74, 6) is 2.35. The SMILES string of the molecule is CCCCCCCCC(CCCCCC)COc1ccc(-c2ccc(-c3c4cc(-c5sc(-c6c(F)c(F)c(-c7cc(CC(CC)CCCC)cs7)c7nsnc67)cc5CC(CC)CCCC)sc4c(-c4ccc(-c5ccc(OCC(CCCCCC)CCCCCCCC)cc5)cc4)c4ccsc34)cc2)cc1. The minimum atomic E-state index is -0.852. The van der Waals surface area contributed by atoms with Crippen LogP contribution in [-0.2, 0) is 12.8 Å². The monoisotopic (exact) mass is 1530 g/mol. The zero-order chi connectivity index (χ0) is 74.7. The summed E-state index contributed by atoms with van der Waals surface area (Å²) in [4.78, 5) is 3.63. The summed E-state index contributed by atoms with van der Waals surface area (Å²) in [6, 6.07) is 45.0. The maximum Gasteiger partial charge on any atom is 0.170 e. The van der Waals surface area contributed by atoms with Gasteiger partial charge in [-0.3, -0.25) is 0 Å². The molecule has 11 rings (SSSR count). The summed E-state index contributed by atoms with van der Waals surface area (Å²) >= 11 is 7.76. The predicted molar refractivity (Wildman–Crippen MR) is 467 cm³/mol. The number of ether oxygens (including phenoxy) is 2. The number of hydrogen-bond acceptors (Lipinski definition) is 9. The van der Waals surface area contributed by atoms with Crippen LogP contribution in [0.25, 0.3) is 106 Å². The van der Waals surface area contributed by atoms with Crippen molar-refractivity contribution in [2.45, 2.75) is 274 Å². The number of benzene rings is 6. The minimum absolute atomic E-state index is 0.213. The lowest BCUT2D eigenvalue weighted by Gasteiger charge is -2.18. The Morgan fingerprint density at radius 1 is 0.355 bits per heavy atom. The van der Waals surface area contributed by atoms with Crippen LogP contribution in [0.2, 0.25) is 0 Å². The molecule has 5 aromatic heterocycles. The van der Waals surface area contributed by atoms with Crippen LogP contribution in [0.5, 0.6) is 11.5 Å². The zero-order valence-corrected chi connectivity index (χ0v) is 70.1. The summed E-state index contributed by atoms with van der Waals surface area (Å²) < 4.78 is 60.4. The molecular weight excluding hydrogens is 1410 g/mol. The fourth-order valence-electron chi connectivity index (χ4n) is 16.2. The Balaban J connectivity index is 0.946. The van der Waals surface area contributed by atoms with Crippen molar-refractivity contribution in [2.24, 2.45) is 23.7 Å². The van der Waals surface area contributed by atoms with Crippen LogP contribution in [0.4, 0.5) is 8.78 Å². The Hall–Kier alpha value is -6.08. The van der Waals surface area contributed by atoms with Gasteiger partial charge in [0.05, 0.1) is 36.1 Å². The smallest absolute Gasteiger partial charge is 0.170 e. The third kappa shape index (κ3) is 22.0. The molecule has 0 saturated carbocycles. The first-order valence-corrected chi connectivity index (χ1v) is 46.2. The second kappa shape index (κ2) is 42.9. The summed E-state index contributed by atoms with van der Waals surface area (Å²) in [6.45, 7) is 19.8.